The van der Waals surface area contributed by atoms with E-state index in [-0.39, 0.29) is 12.0 Å². The summed E-state index contributed by atoms with van der Waals surface area (Å²) in [5, 5.41) is 12.6. The van der Waals surface area contributed by atoms with E-state index in [1.54, 1.807) is 4.90 Å². The molecule has 0 aliphatic rings. The van der Waals surface area contributed by atoms with Gasteiger partial charge in [0.1, 0.15) is 0 Å². The van der Waals surface area contributed by atoms with Gasteiger partial charge in [-0.2, -0.15) is 4.98 Å². The molecule has 0 atom stereocenters. The first-order valence-corrected chi connectivity index (χ1v) is 5.60. The lowest BCUT2D eigenvalue weighted by Crippen LogP contribution is -2.29. The van der Waals surface area contributed by atoms with Crippen molar-refractivity contribution in [2.75, 3.05) is 13.1 Å². The average molecular weight is 241 g/mol. The van der Waals surface area contributed by atoms with Gasteiger partial charge in [-0.3, -0.25) is 9.69 Å². The van der Waals surface area contributed by atoms with Crippen molar-refractivity contribution >= 4 is 5.97 Å². The van der Waals surface area contributed by atoms with Crippen molar-refractivity contribution < 1.29 is 14.4 Å². The first-order valence-electron chi connectivity index (χ1n) is 5.60. The Morgan fingerprint density at radius 2 is 2.12 bits per heavy atom. The SMILES string of the molecule is CCN(CC(=O)O)Cc1noc(C(C)(C)C)n1. The van der Waals surface area contributed by atoms with Gasteiger partial charge in [0.25, 0.3) is 0 Å². The lowest BCUT2D eigenvalue weighted by Gasteiger charge is -2.15. The molecule has 17 heavy (non-hydrogen) atoms. The second-order valence-electron chi connectivity index (χ2n) is 4.96. The van der Waals surface area contributed by atoms with Crippen LogP contribution in [0.4, 0.5) is 0 Å². The van der Waals surface area contributed by atoms with Crippen LogP contribution in [0, 0.1) is 0 Å². The number of likely N-dealkylation sites (N-methyl/N-ethyl adjacent to an activating group) is 1. The zero-order valence-corrected chi connectivity index (χ0v) is 10.7. The maximum Gasteiger partial charge on any atom is 0.317 e. The van der Waals surface area contributed by atoms with E-state index in [1.165, 1.54) is 0 Å². The highest BCUT2D eigenvalue weighted by atomic mass is 16.5. The third-order valence-corrected chi connectivity index (χ3v) is 2.28. The molecule has 0 saturated carbocycles. The molecule has 0 amide bonds. The smallest absolute Gasteiger partial charge is 0.317 e. The van der Waals surface area contributed by atoms with Crippen LogP contribution in [0.3, 0.4) is 0 Å². The van der Waals surface area contributed by atoms with E-state index < -0.39 is 5.97 Å². The van der Waals surface area contributed by atoms with Crippen LogP contribution in [0.5, 0.6) is 0 Å². The van der Waals surface area contributed by atoms with E-state index in [1.807, 2.05) is 27.7 Å². The summed E-state index contributed by atoms with van der Waals surface area (Å²) < 4.78 is 5.14. The Labute approximate surface area is 101 Å². The van der Waals surface area contributed by atoms with Crippen molar-refractivity contribution in [2.45, 2.75) is 39.7 Å². The van der Waals surface area contributed by atoms with Crippen LogP contribution in [0.15, 0.2) is 4.52 Å². The molecule has 0 fully saturated rings. The summed E-state index contributed by atoms with van der Waals surface area (Å²) in [6.07, 6.45) is 0. The minimum Gasteiger partial charge on any atom is -0.480 e. The molecule has 1 heterocycles. The first kappa shape index (κ1) is 13.6. The molecule has 0 spiro atoms. The Bertz CT molecular complexity index is 382. The lowest BCUT2D eigenvalue weighted by molar-refractivity contribution is -0.138. The fraction of sp³-hybridized carbons (Fsp3) is 0.727. The van der Waals surface area contributed by atoms with Gasteiger partial charge in [0.15, 0.2) is 5.82 Å². The van der Waals surface area contributed by atoms with Crippen molar-refractivity contribution in [1.29, 1.82) is 0 Å². The topological polar surface area (TPSA) is 79.5 Å². The van der Waals surface area contributed by atoms with Gasteiger partial charge in [-0.05, 0) is 6.54 Å². The number of aliphatic carboxylic acids is 1. The Kier molecular flexibility index (Phi) is 4.22. The zero-order chi connectivity index (χ0) is 13.1. The number of rotatable bonds is 5. The number of carbonyl (C=O) groups is 1. The van der Waals surface area contributed by atoms with Crippen LogP contribution >= 0.6 is 0 Å². The van der Waals surface area contributed by atoms with Gasteiger partial charge in [0, 0.05) is 5.41 Å². The number of carboxylic acids is 1. The summed E-state index contributed by atoms with van der Waals surface area (Å²) in [5.74, 6) is 0.239. The van der Waals surface area contributed by atoms with E-state index in [0.29, 0.717) is 24.8 Å². The molecule has 0 radical (unpaired) electrons. The van der Waals surface area contributed by atoms with Crippen molar-refractivity contribution in [3.63, 3.8) is 0 Å². The third-order valence-electron chi connectivity index (χ3n) is 2.28. The molecule has 0 aromatic carbocycles. The molecule has 0 unspecified atom stereocenters. The van der Waals surface area contributed by atoms with Crippen LogP contribution in [-0.4, -0.2) is 39.2 Å². The summed E-state index contributed by atoms with van der Waals surface area (Å²) >= 11 is 0. The van der Waals surface area contributed by atoms with Gasteiger partial charge in [-0.15, -0.1) is 0 Å². The summed E-state index contributed by atoms with van der Waals surface area (Å²) in [6, 6.07) is 0. The normalized spacial score (nSPS) is 12.1. The monoisotopic (exact) mass is 241 g/mol. The number of hydrogen-bond donors (Lipinski definition) is 1. The Hall–Kier alpha value is -1.43. The highest BCUT2D eigenvalue weighted by molar-refractivity contribution is 5.69. The second-order valence-corrected chi connectivity index (χ2v) is 4.96. The van der Waals surface area contributed by atoms with E-state index in [9.17, 15) is 4.79 Å². The quantitative estimate of drug-likeness (QED) is 0.836. The van der Waals surface area contributed by atoms with Gasteiger partial charge in [-0.1, -0.05) is 32.9 Å². The molecule has 1 N–H and O–H groups in total. The highest BCUT2D eigenvalue weighted by Gasteiger charge is 2.22. The zero-order valence-electron chi connectivity index (χ0n) is 10.7. The fourth-order valence-electron chi connectivity index (χ4n) is 1.29. The molecular weight excluding hydrogens is 222 g/mol. The maximum absolute atomic E-state index is 10.6. The van der Waals surface area contributed by atoms with E-state index in [2.05, 4.69) is 10.1 Å². The van der Waals surface area contributed by atoms with E-state index in [0.717, 1.165) is 0 Å². The Morgan fingerprint density at radius 3 is 2.53 bits per heavy atom. The van der Waals surface area contributed by atoms with E-state index in [4.69, 9.17) is 9.63 Å². The molecule has 6 nitrogen and oxygen atoms in total. The summed E-state index contributed by atoms with van der Waals surface area (Å²) in [6.45, 7) is 8.86. The van der Waals surface area contributed by atoms with Crippen LogP contribution in [0.1, 0.15) is 39.4 Å². The predicted octanol–water partition coefficient (Wildman–Crippen LogP) is 1.27. The third kappa shape index (κ3) is 4.14. The Balaban J connectivity index is 2.68. The number of nitrogens with zero attached hydrogens (tertiary/aromatic N) is 3. The van der Waals surface area contributed by atoms with Crippen molar-refractivity contribution in [3.8, 4) is 0 Å². The fourth-order valence-corrected chi connectivity index (χ4v) is 1.29. The molecule has 1 aromatic rings. The number of hydrogen-bond acceptors (Lipinski definition) is 5. The largest absolute Gasteiger partial charge is 0.480 e. The molecule has 0 saturated heterocycles. The van der Waals surface area contributed by atoms with Crippen LogP contribution < -0.4 is 0 Å². The van der Waals surface area contributed by atoms with Crippen molar-refractivity contribution in [3.05, 3.63) is 11.7 Å². The summed E-state index contributed by atoms with van der Waals surface area (Å²) in [7, 11) is 0. The standard InChI is InChI=1S/C11H19N3O3/c1-5-14(7-9(15)16)6-8-12-10(17-13-8)11(2,3)4/h5-7H2,1-4H3,(H,15,16). The molecule has 1 rings (SSSR count). The summed E-state index contributed by atoms with van der Waals surface area (Å²) in [4.78, 5) is 16.6. The van der Waals surface area contributed by atoms with Gasteiger partial charge in [0.2, 0.25) is 5.89 Å². The second kappa shape index (κ2) is 5.27. The van der Waals surface area contributed by atoms with Gasteiger partial charge in [0.05, 0.1) is 13.1 Å². The maximum atomic E-state index is 10.6. The average Bonchev–Trinajstić information content (AvgIpc) is 2.63. The van der Waals surface area contributed by atoms with Crippen LogP contribution in [0.2, 0.25) is 0 Å². The molecule has 0 aliphatic heterocycles. The number of aromatic nitrogens is 2. The minimum atomic E-state index is -0.855. The Morgan fingerprint density at radius 1 is 1.47 bits per heavy atom. The molecule has 0 bridgehead atoms. The molecule has 96 valence electrons. The highest BCUT2D eigenvalue weighted by Crippen LogP contribution is 2.19. The molecule has 1 aromatic heterocycles. The first-order chi connectivity index (χ1) is 7.82. The van der Waals surface area contributed by atoms with Gasteiger partial charge in [-0.25, -0.2) is 0 Å². The lowest BCUT2D eigenvalue weighted by atomic mass is 9.97. The number of carboxylic acid groups (broad SMARTS) is 1. The minimum absolute atomic E-state index is 0.0180. The summed E-state index contributed by atoms with van der Waals surface area (Å²) in [5.41, 5.74) is -0.185. The van der Waals surface area contributed by atoms with Crippen molar-refractivity contribution in [1.82, 2.24) is 15.0 Å². The molecule has 0 aliphatic carbocycles. The van der Waals surface area contributed by atoms with Gasteiger partial charge >= 0.3 is 5.97 Å². The predicted molar refractivity (Wildman–Crippen MR) is 61.6 cm³/mol. The molecule has 6 heteroatoms. The van der Waals surface area contributed by atoms with Crippen molar-refractivity contribution in [2.24, 2.45) is 0 Å². The molecular formula is C11H19N3O3. The van der Waals surface area contributed by atoms with Crippen LogP contribution in [-0.2, 0) is 16.8 Å². The van der Waals surface area contributed by atoms with Crippen LogP contribution in [0.25, 0.3) is 0 Å². The van der Waals surface area contributed by atoms with E-state index >= 15 is 0 Å². The van der Waals surface area contributed by atoms with Gasteiger partial charge < -0.3 is 9.63 Å².